The minimum atomic E-state index is -0.548. The Morgan fingerprint density at radius 3 is 1.37 bits per heavy atom. The molecule has 328 valence electrons. The van der Waals surface area contributed by atoms with E-state index in [-0.39, 0.29) is 39.4 Å². The number of aromatic nitrogens is 2. The van der Waals surface area contributed by atoms with Crippen LogP contribution < -0.4 is 21.3 Å². The molecule has 14 nitrogen and oxygen atoms in total. The number of nitrogens with zero attached hydrogens (tertiary/aromatic N) is 2. The number of ether oxygens (including phenoxy) is 4. The van der Waals surface area contributed by atoms with Gasteiger partial charge in [-0.2, -0.15) is 0 Å². The second-order valence-electron chi connectivity index (χ2n) is 14.4. The number of alkyl carbamates (subject to hydrolysis) is 4. The number of nitrogens with one attached hydrogen (secondary N) is 4. The molecule has 2 aromatic carbocycles. The van der Waals surface area contributed by atoms with Gasteiger partial charge in [0.2, 0.25) is 0 Å². The number of amides is 4. The van der Waals surface area contributed by atoms with Crippen LogP contribution in [0.25, 0.3) is 0 Å². The molecule has 0 aliphatic rings. The highest BCUT2D eigenvalue weighted by atomic mass is 79.9. The molecule has 4 amide bonds. The summed E-state index contributed by atoms with van der Waals surface area (Å²) < 4.78 is 21.1. The second kappa shape index (κ2) is 28.9. The molecule has 2 heterocycles. The Kier molecular flexibility index (Phi) is 23.7. The SMILES string of the molecule is C#CCNC(=O)OCc1ccccc1.CC(C)(C)OC(=O)NCC#Cc1ccc(Br)cn1.CC(C)(C)OC(=O)NCC#Cc1ccc(C#CCNC(=O)OCc2ccccc2)cn1. The maximum Gasteiger partial charge on any atom is 0.408 e. The van der Waals surface area contributed by atoms with Gasteiger partial charge in [-0.1, -0.05) is 90.3 Å². The molecule has 4 aromatic rings. The average Bonchev–Trinajstić information content (AvgIpc) is 3.24. The molecular weight excluding hydrogens is 868 g/mol. The topological polar surface area (TPSA) is 179 Å². The Hall–Kier alpha value is -7.46. The summed E-state index contributed by atoms with van der Waals surface area (Å²) in [4.78, 5) is 53.7. The van der Waals surface area contributed by atoms with Crippen molar-refractivity contribution in [3.05, 3.63) is 130 Å². The van der Waals surface area contributed by atoms with E-state index in [4.69, 9.17) is 25.4 Å². The van der Waals surface area contributed by atoms with E-state index >= 15 is 0 Å². The van der Waals surface area contributed by atoms with Gasteiger partial charge in [0, 0.05) is 22.4 Å². The van der Waals surface area contributed by atoms with Gasteiger partial charge in [-0.3, -0.25) is 0 Å². The molecule has 0 radical (unpaired) electrons. The van der Waals surface area contributed by atoms with Gasteiger partial charge in [-0.15, -0.1) is 6.42 Å². The molecule has 63 heavy (non-hydrogen) atoms. The van der Waals surface area contributed by atoms with Gasteiger partial charge in [-0.25, -0.2) is 29.1 Å². The molecular formula is C48H51BrN6O8. The number of carbonyl (C=O) groups excluding carboxylic acids is 4. The van der Waals surface area contributed by atoms with Crippen molar-refractivity contribution in [1.82, 2.24) is 31.2 Å². The van der Waals surface area contributed by atoms with Crippen LogP contribution in [-0.2, 0) is 32.2 Å². The normalized spacial score (nSPS) is 9.75. The number of hydrogen-bond acceptors (Lipinski definition) is 10. The lowest BCUT2D eigenvalue weighted by atomic mass is 10.2. The third-order valence-corrected chi connectivity index (χ3v) is 7.15. The Labute approximate surface area is 378 Å². The molecule has 0 saturated carbocycles. The predicted molar refractivity (Wildman–Crippen MR) is 243 cm³/mol. The van der Waals surface area contributed by atoms with E-state index in [0.717, 1.165) is 15.6 Å². The number of pyridine rings is 2. The van der Waals surface area contributed by atoms with Crippen LogP contribution >= 0.6 is 15.9 Å². The fourth-order valence-electron chi connectivity index (χ4n) is 4.06. The first-order valence-electron chi connectivity index (χ1n) is 19.3. The van der Waals surface area contributed by atoms with Gasteiger partial charge in [0.25, 0.3) is 0 Å². The van der Waals surface area contributed by atoms with E-state index in [9.17, 15) is 19.2 Å². The summed E-state index contributed by atoms with van der Waals surface area (Å²) in [5.74, 6) is 19.3. The summed E-state index contributed by atoms with van der Waals surface area (Å²) in [6, 6.07) is 26.0. The first-order chi connectivity index (χ1) is 30.0. The van der Waals surface area contributed by atoms with E-state index in [1.807, 2.05) is 87.5 Å². The standard InChI is InChI=1S/C24H25N3O4.C13H15BrN2O2.C11H11NO2/c1-24(2,3)31-23(29)26-16-8-12-21-14-13-19(17-27-21)11-7-15-25-22(28)30-18-20-9-5-4-6-10-20;1-13(2,3)18-12(17)15-8-4-5-11-7-6-10(14)9-16-11;1-2-8-12-11(13)14-9-10-6-4-3-5-7-10/h4-6,9-10,13-14,17H,15-16,18H2,1-3H3,(H,25,28)(H,26,29);6-7,9H,8H2,1-3H3,(H,15,17);1,3-7H,8-9H2,(H,12,13). The lowest BCUT2D eigenvalue weighted by Gasteiger charge is -2.19. The van der Waals surface area contributed by atoms with Crippen molar-refractivity contribution in [1.29, 1.82) is 0 Å². The quantitative estimate of drug-likeness (QED) is 0.102. The van der Waals surface area contributed by atoms with Crippen molar-refractivity contribution >= 4 is 40.3 Å². The van der Waals surface area contributed by atoms with Gasteiger partial charge in [0.15, 0.2) is 0 Å². The molecule has 0 aliphatic carbocycles. The van der Waals surface area contributed by atoms with Crippen LogP contribution in [0.5, 0.6) is 0 Å². The molecule has 0 spiro atoms. The monoisotopic (exact) mass is 918 g/mol. The van der Waals surface area contributed by atoms with Crippen molar-refractivity contribution in [2.45, 2.75) is 66.0 Å². The third-order valence-electron chi connectivity index (χ3n) is 6.68. The fourth-order valence-corrected chi connectivity index (χ4v) is 4.29. The third kappa shape index (κ3) is 27.8. The van der Waals surface area contributed by atoms with Crippen LogP contribution in [0.1, 0.15) is 69.6 Å². The largest absolute Gasteiger partial charge is 0.445 e. The summed E-state index contributed by atoms with van der Waals surface area (Å²) in [6.45, 7) is 12.0. The average molecular weight is 920 g/mol. The molecule has 2 aromatic heterocycles. The smallest absolute Gasteiger partial charge is 0.408 e. The van der Waals surface area contributed by atoms with Crippen LogP contribution in [0, 0.1) is 47.9 Å². The van der Waals surface area contributed by atoms with Crippen molar-refractivity contribution < 1.29 is 38.1 Å². The van der Waals surface area contributed by atoms with Gasteiger partial charge in [0.05, 0.1) is 26.2 Å². The van der Waals surface area contributed by atoms with Crippen LogP contribution in [0.3, 0.4) is 0 Å². The molecule has 4 N–H and O–H groups in total. The number of benzene rings is 2. The van der Waals surface area contributed by atoms with Gasteiger partial charge in [-0.05, 0) is 105 Å². The molecule has 0 aliphatic heterocycles. The Balaban J connectivity index is 0.000000360. The van der Waals surface area contributed by atoms with Crippen LogP contribution in [0.2, 0.25) is 0 Å². The van der Waals surface area contributed by atoms with Crippen molar-refractivity contribution in [2.75, 3.05) is 26.2 Å². The van der Waals surface area contributed by atoms with Crippen molar-refractivity contribution in [3.63, 3.8) is 0 Å². The zero-order chi connectivity index (χ0) is 46.4. The summed E-state index contributed by atoms with van der Waals surface area (Å²) in [5.41, 5.74) is 2.72. The lowest BCUT2D eigenvalue weighted by Crippen LogP contribution is -2.32. The number of halogens is 1. The van der Waals surface area contributed by atoms with E-state index < -0.39 is 35.6 Å². The van der Waals surface area contributed by atoms with Crippen LogP contribution in [0.4, 0.5) is 19.2 Å². The number of terminal acetylenes is 1. The number of rotatable bonds is 8. The van der Waals surface area contributed by atoms with E-state index in [0.29, 0.717) is 17.0 Å². The van der Waals surface area contributed by atoms with Crippen molar-refractivity contribution in [2.24, 2.45) is 0 Å². The van der Waals surface area contributed by atoms with Crippen molar-refractivity contribution in [3.8, 4) is 47.9 Å². The summed E-state index contributed by atoms with van der Waals surface area (Å²) in [6.07, 6.45) is 6.22. The zero-order valence-corrected chi connectivity index (χ0v) is 37.7. The Morgan fingerprint density at radius 1 is 0.556 bits per heavy atom. The molecule has 0 unspecified atom stereocenters. The molecule has 0 saturated heterocycles. The van der Waals surface area contributed by atoms with Gasteiger partial charge in [0.1, 0.15) is 35.8 Å². The first kappa shape index (κ1) is 51.7. The highest BCUT2D eigenvalue weighted by Crippen LogP contribution is 2.08. The molecule has 4 rings (SSSR count). The van der Waals surface area contributed by atoms with E-state index in [2.05, 4.69) is 88.6 Å². The Bertz CT molecular complexity index is 2270. The van der Waals surface area contributed by atoms with E-state index in [1.165, 1.54) is 0 Å². The zero-order valence-electron chi connectivity index (χ0n) is 36.1. The molecule has 0 fully saturated rings. The highest BCUT2D eigenvalue weighted by molar-refractivity contribution is 9.10. The minimum absolute atomic E-state index is 0.157. The maximum absolute atomic E-state index is 11.6. The first-order valence-corrected chi connectivity index (χ1v) is 20.1. The summed E-state index contributed by atoms with van der Waals surface area (Å²) >= 11 is 3.29. The lowest BCUT2D eigenvalue weighted by molar-refractivity contribution is 0.0523. The summed E-state index contributed by atoms with van der Waals surface area (Å²) in [5, 5.41) is 10.1. The van der Waals surface area contributed by atoms with E-state index in [1.54, 1.807) is 51.4 Å². The minimum Gasteiger partial charge on any atom is -0.445 e. The van der Waals surface area contributed by atoms with Gasteiger partial charge >= 0.3 is 24.4 Å². The molecule has 0 bridgehead atoms. The Morgan fingerprint density at radius 2 is 0.968 bits per heavy atom. The van der Waals surface area contributed by atoms with Crippen LogP contribution in [-0.4, -0.2) is 71.7 Å². The highest BCUT2D eigenvalue weighted by Gasteiger charge is 2.16. The number of hydrogen-bond donors (Lipinski definition) is 4. The van der Waals surface area contributed by atoms with Crippen LogP contribution in [0.15, 0.2) is 102 Å². The second-order valence-corrected chi connectivity index (χ2v) is 15.4. The molecule has 0 atom stereocenters. The molecule has 15 heteroatoms. The number of carbonyl (C=O) groups is 4. The fraction of sp³-hybridized carbons (Fsp3) is 0.292. The predicted octanol–water partition coefficient (Wildman–Crippen LogP) is 7.50. The maximum atomic E-state index is 11.6. The van der Waals surface area contributed by atoms with Gasteiger partial charge < -0.3 is 40.2 Å². The summed E-state index contributed by atoms with van der Waals surface area (Å²) in [7, 11) is 0.